The summed E-state index contributed by atoms with van der Waals surface area (Å²) in [7, 11) is 0. The fourth-order valence-electron chi connectivity index (χ4n) is 5.44. The number of halogens is 3. The van der Waals surface area contributed by atoms with Crippen molar-refractivity contribution in [2.24, 2.45) is 23.2 Å². The maximum absolute atomic E-state index is 12.9. The van der Waals surface area contributed by atoms with Crippen molar-refractivity contribution in [3.8, 4) is 0 Å². The number of alkyl halides is 3. The molecule has 1 N–H and O–H groups in total. The molecule has 2 aliphatic heterocycles. The van der Waals surface area contributed by atoms with Gasteiger partial charge in [0, 0.05) is 19.1 Å². The van der Waals surface area contributed by atoms with E-state index in [0.29, 0.717) is 19.0 Å². The molecule has 4 aliphatic rings. The van der Waals surface area contributed by atoms with Crippen molar-refractivity contribution in [2.75, 3.05) is 13.1 Å². The van der Waals surface area contributed by atoms with Gasteiger partial charge in [-0.15, -0.1) is 0 Å². The predicted octanol–water partition coefficient (Wildman–Crippen LogP) is 4.12. The van der Waals surface area contributed by atoms with Gasteiger partial charge >= 0.3 is 12.3 Å². The van der Waals surface area contributed by atoms with E-state index in [4.69, 9.17) is 4.74 Å². The van der Waals surface area contributed by atoms with Gasteiger partial charge in [0.2, 0.25) is 5.91 Å². The van der Waals surface area contributed by atoms with E-state index >= 15 is 0 Å². The third-order valence-corrected chi connectivity index (χ3v) is 6.54. The minimum atomic E-state index is -4.50. The minimum absolute atomic E-state index is 0.0455. The highest BCUT2D eigenvalue weighted by atomic mass is 19.4. The minimum Gasteiger partial charge on any atom is -0.444 e. The van der Waals surface area contributed by atoms with Crippen molar-refractivity contribution >= 4 is 12.0 Å². The zero-order chi connectivity index (χ0) is 20.9. The van der Waals surface area contributed by atoms with Gasteiger partial charge in [-0.25, -0.2) is 4.79 Å². The van der Waals surface area contributed by atoms with Crippen molar-refractivity contribution in [1.29, 1.82) is 0 Å². The fraction of sp³-hybridized carbons (Fsp3) is 0.900. The van der Waals surface area contributed by atoms with Gasteiger partial charge < -0.3 is 15.0 Å². The van der Waals surface area contributed by atoms with E-state index in [1.807, 2.05) is 0 Å². The SMILES string of the molecule is C[C@H]1CC2C[C@@H](CNC(=O)OC(C)(C)C)C(N(C(=O)CC(F)(F)F)C2)C12CC2. The van der Waals surface area contributed by atoms with Crippen molar-refractivity contribution in [3.05, 3.63) is 0 Å². The number of carbonyl (C=O) groups excluding carboxylic acids is 2. The Balaban J connectivity index is 1.77. The summed E-state index contributed by atoms with van der Waals surface area (Å²) in [6, 6.07) is -0.244. The molecule has 28 heavy (non-hydrogen) atoms. The molecule has 2 bridgehead atoms. The third-order valence-electron chi connectivity index (χ3n) is 6.54. The maximum Gasteiger partial charge on any atom is 0.407 e. The molecule has 0 aromatic rings. The number of carbonyl (C=O) groups is 2. The molecule has 1 spiro atoms. The number of hydrogen-bond acceptors (Lipinski definition) is 3. The second-order valence-corrected chi connectivity index (χ2v) is 9.90. The number of ether oxygens (including phenoxy) is 1. The summed E-state index contributed by atoms with van der Waals surface area (Å²) in [5, 5.41) is 2.79. The van der Waals surface area contributed by atoms with Crippen molar-refractivity contribution < 1.29 is 27.5 Å². The first-order chi connectivity index (χ1) is 12.8. The van der Waals surface area contributed by atoms with Gasteiger partial charge in [0.05, 0.1) is 0 Å². The average Bonchev–Trinajstić information content (AvgIpc) is 3.32. The number of amides is 2. The normalized spacial score (nSPS) is 31.5. The topological polar surface area (TPSA) is 58.6 Å². The van der Waals surface area contributed by atoms with Crippen LogP contribution in [0.1, 0.15) is 59.8 Å². The van der Waals surface area contributed by atoms with Crippen LogP contribution in [-0.2, 0) is 9.53 Å². The van der Waals surface area contributed by atoms with Gasteiger partial charge in [0.25, 0.3) is 0 Å². The number of nitrogens with zero attached hydrogens (tertiary/aromatic N) is 1. The standard InChI is InChI=1S/C20H31F3N2O3/c1-12-7-13-8-14(10-24-17(27)28-18(2,3)4)16(19(12)5-6-19)25(11-13)15(26)9-20(21,22)23/h12-14,16H,5-11H2,1-4H3,(H,24,27)/t12-,13?,14-,16?/m0/s1. The Kier molecular flexibility index (Phi) is 5.38. The van der Waals surface area contributed by atoms with Crippen LogP contribution in [0.2, 0.25) is 0 Å². The van der Waals surface area contributed by atoms with E-state index < -0.39 is 30.2 Å². The number of hydrogen-bond donors (Lipinski definition) is 1. The summed E-state index contributed by atoms with van der Waals surface area (Å²) in [4.78, 5) is 26.1. The molecule has 160 valence electrons. The quantitative estimate of drug-likeness (QED) is 0.770. The first-order valence-electron chi connectivity index (χ1n) is 10.1. The highest BCUT2D eigenvalue weighted by molar-refractivity contribution is 5.77. The second kappa shape index (κ2) is 7.10. The zero-order valence-electron chi connectivity index (χ0n) is 17.1. The molecule has 0 aromatic carbocycles. The van der Waals surface area contributed by atoms with E-state index in [-0.39, 0.29) is 23.3 Å². The van der Waals surface area contributed by atoms with E-state index in [2.05, 4.69) is 12.2 Å². The second-order valence-electron chi connectivity index (χ2n) is 9.90. The van der Waals surface area contributed by atoms with E-state index in [0.717, 1.165) is 25.7 Å². The van der Waals surface area contributed by atoms with Gasteiger partial charge in [-0.1, -0.05) is 6.92 Å². The summed E-state index contributed by atoms with van der Waals surface area (Å²) in [6.07, 6.45) is -2.83. The summed E-state index contributed by atoms with van der Waals surface area (Å²) < 4.78 is 43.9. The Hall–Kier alpha value is -1.47. The molecule has 2 saturated heterocycles. The largest absolute Gasteiger partial charge is 0.444 e. The highest BCUT2D eigenvalue weighted by Crippen LogP contribution is 2.63. The Morgan fingerprint density at radius 2 is 1.82 bits per heavy atom. The lowest BCUT2D eigenvalue weighted by molar-refractivity contribution is -0.167. The summed E-state index contributed by atoms with van der Waals surface area (Å²) in [5.41, 5.74) is -0.722. The lowest BCUT2D eigenvalue weighted by Crippen LogP contribution is -2.56. The molecule has 4 rings (SSSR count). The van der Waals surface area contributed by atoms with Crippen LogP contribution in [0.15, 0.2) is 0 Å². The van der Waals surface area contributed by atoms with Crippen LogP contribution in [0.3, 0.4) is 0 Å². The van der Waals surface area contributed by atoms with Crippen molar-refractivity contribution in [3.63, 3.8) is 0 Å². The molecule has 2 unspecified atom stereocenters. The molecule has 4 fully saturated rings. The predicted molar refractivity (Wildman–Crippen MR) is 97.5 cm³/mol. The van der Waals surface area contributed by atoms with Crippen LogP contribution in [0.5, 0.6) is 0 Å². The maximum atomic E-state index is 12.9. The molecule has 0 aromatic heterocycles. The molecule has 0 radical (unpaired) electrons. The molecular weight excluding hydrogens is 373 g/mol. The van der Waals surface area contributed by atoms with Gasteiger partial charge in [0.1, 0.15) is 12.0 Å². The van der Waals surface area contributed by atoms with Gasteiger partial charge in [-0.2, -0.15) is 13.2 Å². The smallest absolute Gasteiger partial charge is 0.407 e. The van der Waals surface area contributed by atoms with Crippen LogP contribution in [0.25, 0.3) is 0 Å². The van der Waals surface area contributed by atoms with Gasteiger partial charge in [-0.05, 0) is 69.6 Å². The Bertz CT molecular complexity index is 625. The van der Waals surface area contributed by atoms with Gasteiger partial charge in [-0.3, -0.25) is 4.79 Å². The average molecular weight is 404 g/mol. The third kappa shape index (κ3) is 4.57. The van der Waals surface area contributed by atoms with Crippen molar-refractivity contribution in [2.45, 2.75) is 77.6 Å². The monoisotopic (exact) mass is 404 g/mol. The molecular formula is C20H31F3N2O3. The number of piperidine rings is 1. The molecule has 4 atom stereocenters. The highest BCUT2D eigenvalue weighted by Gasteiger charge is 2.62. The molecule has 2 amide bonds. The molecule has 2 heterocycles. The first kappa shape index (κ1) is 21.2. The lowest BCUT2D eigenvalue weighted by atomic mass is 9.77. The molecule has 2 aliphatic carbocycles. The molecule has 5 nitrogen and oxygen atoms in total. The van der Waals surface area contributed by atoms with E-state index in [9.17, 15) is 22.8 Å². The van der Waals surface area contributed by atoms with Crippen LogP contribution >= 0.6 is 0 Å². The number of fused-ring (bicyclic) bond motifs is 3. The zero-order valence-corrected chi connectivity index (χ0v) is 17.1. The van der Waals surface area contributed by atoms with Crippen LogP contribution < -0.4 is 5.32 Å². The van der Waals surface area contributed by atoms with Crippen molar-refractivity contribution in [1.82, 2.24) is 10.2 Å². The number of nitrogens with one attached hydrogen (secondary N) is 1. The van der Waals surface area contributed by atoms with Crippen LogP contribution in [0, 0.1) is 23.2 Å². The Morgan fingerprint density at radius 1 is 1.18 bits per heavy atom. The number of alkyl carbamates (subject to hydrolysis) is 1. The number of rotatable bonds is 3. The van der Waals surface area contributed by atoms with E-state index in [1.54, 1.807) is 20.8 Å². The van der Waals surface area contributed by atoms with Crippen LogP contribution in [0.4, 0.5) is 18.0 Å². The Morgan fingerprint density at radius 3 is 2.36 bits per heavy atom. The van der Waals surface area contributed by atoms with Gasteiger partial charge in [0.15, 0.2) is 0 Å². The summed E-state index contributed by atoms with van der Waals surface area (Å²) in [6.45, 7) is 8.21. The lowest BCUT2D eigenvalue weighted by Gasteiger charge is -2.46. The summed E-state index contributed by atoms with van der Waals surface area (Å²) >= 11 is 0. The summed E-state index contributed by atoms with van der Waals surface area (Å²) in [5.74, 6) is -0.327. The fourth-order valence-corrected chi connectivity index (χ4v) is 5.44. The van der Waals surface area contributed by atoms with Crippen LogP contribution in [-0.4, -0.2) is 47.8 Å². The van der Waals surface area contributed by atoms with E-state index in [1.165, 1.54) is 4.90 Å². The molecule has 2 saturated carbocycles. The Labute approximate surface area is 164 Å². The molecule has 8 heteroatoms. The first-order valence-corrected chi connectivity index (χ1v) is 10.1.